The van der Waals surface area contributed by atoms with Gasteiger partial charge >= 0.3 is 5.97 Å². The van der Waals surface area contributed by atoms with E-state index in [1.165, 1.54) is 32.0 Å². The minimum Gasteiger partial charge on any atom is -0.493 e. The highest BCUT2D eigenvalue weighted by molar-refractivity contribution is 8.26. The number of thiocarbonyl (C=S) groups is 1. The number of hydrogen-bond acceptors (Lipinski definition) is 8. The molecule has 9 heteroatoms. The minimum atomic E-state index is -0.551. The SMILES string of the molecule is COC(=O)c1ccc(COc2ccc(C=C3SC(=S)NC3=O)cc2OC)o1. The monoisotopic (exact) mass is 405 g/mol. The number of thioether (sulfide) groups is 1. The second-order valence-corrected chi connectivity index (χ2v) is 7.03. The molecular formula is C18H15NO6S2. The van der Waals surface area contributed by atoms with Gasteiger partial charge in [0.2, 0.25) is 5.76 Å². The number of rotatable bonds is 6. The summed E-state index contributed by atoms with van der Waals surface area (Å²) in [5.41, 5.74) is 0.771. The molecule has 1 aliphatic heterocycles. The lowest BCUT2D eigenvalue weighted by atomic mass is 10.2. The van der Waals surface area contributed by atoms with Crippen molar-refractivity contribution in [3.63, 3.8) is 0 Å². The van der Waals surface area contributed by atoms with E-state index in [2.05, 4.69) is 10.1 Å². The molecule has 0 unspecified atom stereocenters. The standard InChI is InChI=1S/C18H15NO6S2/c1-22-14-7-10(8-15-16(20)19-18(26)27-15)3-5-12(14)24-9-11-4-6-13(25-11)17(21)23-2/h3-8H,9H2,1-2H3,(H,19,20,26). The Morgan fingerprint density at radius 3 is 2.74 bits per heavy atom. The van der Waals surface area contributed by atoms with Crippen LogP contribution in [0, 0.1) is 0 Å². The number of amides is 1. The number of furan rings is 1. The summed E-state index contributed by atoms with van der Waals surface area (Å²) in [6.07, 6.45) is 1.72. The van der Waals surface area contributed by atoms with Gasteiger partial charge in [0.25, 0.3) is 5.91 Å². The van der Waals surface area contributed by atoms with Crippen molar-refractivity contribution in [2.24, 2.45) is 0 Å². The van der Waals surface area contributed by atoms with E-state index in [1.807, 2.05) is 0 Å². The van der Waals surface area contributed by atoms with Crippen LogP contribution in [0.3, 0.4) is 0 Å². The quantitative estimate of drug-likeness (QED) is 0.446. The van der Waals surface area contributed by atoms with Crippen molar-refractivity contribution in [1.29, 1.82) is 0 Å². The molecule has 1 fully saturated rings. The van der Waals surface area contributed by atoms with E-state index in [0.29, 0.717) is 26.5 Å². The minimum absolute atomic E-state index is 0.107. The van der Waals surface area contributed by atoms with Crippen molar-refractivity contribution >= 4 is 46.3 Å². The summed E-state index contributed by atoms with van der Waals surface area (Å²) in [6.45, 7) is 0.111. The van der Waals surface area contributed by atoms with Gasteiger partial charge in [-0.05, 0) is 35.9 Å². The van der Waals surface area contributed by atoms with Gasteiger partial charge < -0.3 is 23.9 Å². The predicted molar refractivity (Wildman–Crippen MR) is 104 cm³/mol. The van der Waals surface area contributed by atoms with E-state index in [4.69, 9.17) is 26.1 Å². The molecule has 1 aliphatic rings. The van der Waals surface area contributed by atoms with E-state index >= 15 is 0 Å². The highest BCUT2D eigenvalue weighted by atomic mass is 32.2. The highest BCUT2D eigenvalue weighted by Crippen LogP contribution is 2.32. The fraction of sp³-hybridized carbons (Fsp3) is 0.167. The Balaban J connectivity index is 1.72. The first-order valence-electron chi connectivity index (χ1n) is 7.73. The molecule has 1 aromatic heterocycles. The first-order valence-corrected chi connectivity index (χ1v) is 8.95. The van der Waals surface area contributed by atoms with E-state index < -0.39 is 5.97 Å². The molecule has 0 aliphatic carbocycles. The molecule has 27 heavy (non-hydrogen) atoms. The maximum Gasteiger partial charge on any atom is 0.373 e. The predicted octanol–water partition coefficient (Wildman–Crippen LogP) is 3.14. The van der Waals surface area contributed by atoms with E-state index in [1.54, 1.807) is 30.3 Å². The third-order valence-corrected chi connectivity index (χ3v) is 4.71. The van der Waals surface area contributed by atoms with Crippen LogP contribution in [0.2, 0.25) is 0 Å². The van der Waals surface area contributed by atoms with Gasteiger partial charge in [-0.1, -0.05) is 30.0 Å². The van der Waals surface area contributed by atoms with Crippen LogP contribution in [-0.4, -0.2) is 30.4 Å². The van der Waals surface area contributed by atoms with E-state index in [0.717, 1.165) is 5.56 Å². The molecular weight excluding hydrogens is 390 g/mol. The Bertz CT molecular complexity index is 934. The number of carbonyl (C=O) groups excluding carboxylic acids is 2. The molecule has 1 aromatic carbocycles. The normalized spacial score (nSPS) is 15.0. The molecule has 140 valence electrons. The Morgan fingerprint density at radius 1 is 1.26 bits per heavy atom. The number of benzene rings is 1. The van der Waals surface area contributed by atoms with Crippen LogP contribution in [-0.2, 0) is 16.1 Å². The highest BCUT2D eigenvalue weighted by Gasteiger charge is 2.22. The Morgan fingerprint density at radius 2 is 2.07 bits per heavy atom. The van der Waals surface area contributed by atoms with Gasteiger partial charge in [-0.15, -0.1) is 0 Å². The third kappa shape index (κ3) is 4.50. The van der Waals surface area contributed by atoms with Gasteiger partial charge in [-0.3, -0.25) is 4.79 Å². The van der Waals surface area contributed by atoms with Crippen LogP contribution < -0.4 is 14.8 Å². The molecule has 1 saturated heterocycles. The van der Waals surface area contributed by atoms with Crippen molar-refractivity contribution in [3.8, 4) is 11.5 Å². The zero-order chi connectivity index (χ0) is 19.4. The van der Waals surface area contributed by atoms with Gasteiger partial charge in [0.15, 0.2) is 11.5 Å². The molecule has 0 saturated carbocycles. The maximum absolute atomic E-state index is 11.8. The van der Waals surface area contributed by atoms with Crippen LogP contribution in [0.4, 0.5) is 0 Å². The third-order valence-electron chi connectivity index (χ3n) is 3.55. The topological polar surface area (TPSA) is 87.0 Å². The van der Waals surface area contributed by atoms with Gasteiger partial charge in [-0.2, -0.15) is 0 Å². The summed E-state index contributed by atoms with van der Waals surface area (Å²) in [6, 6.07) is 8.43. The van der Waals surface area contributed by atoms with Gasteiger partial charge in [-0.25, -0.2) is 4.79 Å². The number of ether oxygens (including phenoxy) is 3. The maximum atomic E-state index is 11.8. The van der Waals surface area contributed by atoms with Crippen molar-refractivity contribution in [2.75, 3.05) is 14.2 Å². The summed E-state index contributed by atoms with van der Waals surface area (Å²) >= 11 is 6.18. The van der Waals surface area contributed by atoms with Crippen LogP contribution in [0.5, 0.6) is 11.5 Å². The molecule has 7 nitrogen and oxygen atoms in total. The van der Waals surface area contributed by atoms with Crippen molar-refractivity contribution in [1.82, 2.24) is 5.32 Å². The summed E-state index contributed by atoms with van der Waals surface area (Å²) in [5, 5.41) is 2.57. The first kappa shape index (κ1) is 19.0. The molecule has 0 radical (unpaired) electrons. The molecule has 2 heterocycles. The molecule has 0 atom stereocenters. The molecule has 1 N–H and O–H groups in total. The number of carbonyl (C=O) groups is 2. The van der Waals surface area contributed by atoms with Crippen LogP contribution in [0.15, 0.2) is 39.7 Å². The second kappa shape index (κ2) is 8.28. The molecule has 0 spiro atoms. The molecule has 3 rings (SSSR count). The fourth-order valence-corrected chi connectivity index (χ4v) is 3.32. The van der Waals surface area contributed by atoms with Gasteiger partial charge in [0, 0.05) is 0 Å². The van der Waals surface area contributed by atoms with Crippen LogP contribution in [0.25, 0.3) is 6.08 Å². The zero-order valence-electron chi connectivity index (χ0n) is 14.4. The van der Waals surface area contributed by atoms with Crippen molar-refractivity contribution in [2.45, 2.75) is 6.61 Å². The van der Waals surface area contributed by atoms with Gasteiger partial charge in [0.1, 0.15) is 16.7 Å². The number of hydrogen-bond donors (Lipinski definition) is 1. The van der Waals surface area contributed by atoms with Crippen LogP contribution >= 0.6 is 24.0 Å². The van der Waals surface area contributed by atoms with Crippen LogP contribution in [0.1, 0.15) is 21.9 Å². The van der Waals surface area contributed by atoms with Gasteiger partial charge in [0.05, 0.1) is 19.1 Å². The summed E-state index contributed by atoms with van der Waals surface area (Å²) in [7, 11) is 2.80. The van der Waals surface area contributed by atoms with E-state index in [-0.39, 0.29) is 18.3 Å². The fourth-order valence-electron chi connectivity index (χ4n) is 2.28. The average Bonchev–Trinajstić information content (AvgIpc) is 3.26. The zero-order valence-corrected chi connectivity index (χ0v) is 16.1. The summed E-state index contributed by atoms with van der Waals surface area (Å²) in [5.74, 6) is 0.796. The lowest BCUT2D eigenvalue weighted by Crippen LogP contribution is -2.17. The smallest absolute Gasteiger partial charge is 0.373 e. The Kier molecular flexibility index (Phi) is 5.82. The lowest BCUT2D eigenvalue weighted by Gasteiger charge is -2.10. The number of esters is 1. The largest absolute Gasteiger partial charge is 0.493 e. The molecule has 1 amide bonds. The van der Waals surface area contributed by atoms with E-state index in [9.17, 15) is 9.59 Å². The molecule has 2 aromatic rings. The van der Waals surface area contributed by atoms with Crippen molar-refractivity contribution in [3.05, 3.63) is 52.3 Å². The second-order valence-electron chi connectivity index (χ2n) is 5.31. The molecule has 0 bridgehead atoms. The first-order chi connectivity index (χ1) is 13.0. The number of methoxy groups -OCH3 is 2. The number of nitrogens with one attached hydrogen (secondary N) is 1. The summed E-state index contributed by atoms with van der Waals surface area (Å²) in [4.78, 5) is 23.7. The summed E-state index contributed by atoms with van der Waals surface area (Å²) < 4.78 is 21.4. The average molecular weight is 405 g/mol. The lowest BCUT2D eigenvalue weighted by molar-refractivity contribution is -0.115. The Hall–Kier alpha value is -2.78. The Labute approximate surface area is 164 Å². The van der Waals surface area contributed by atoms with Crippen molar-refractivity contribution < 1.29 is 28.2 Å².